The van der Waals surface area contributed by atoms with Crippen LogP contribution >= 0.6 is 0 Å². The van der Waals surface area contributed by atoms with Gasteiger partial charge in [0.2, 0.25) is 11.8 Å². The van der Waals surface area contributed by atoms with E-state index < -0.39 is 5.54 Å². The molecule has 0 radical (unpaired) electrons. The minimum Gasteiger partial charge on any atom is -0.375 e. The first kappa shape index (κ1) is 14.1. The van der Waals surface area contributed by atoms with Crippen molar-refractivity contribution in [1.29, 1.82) is 0 Å². The van der Waals surface area contributed by atoms with Gasteiger partial charge in [0.05, 0.1) is 19.8 Å². The summed E-state index contributed by atoms with van der Waals surface area (Å²) in [6.07, 6.45) is 3.54. The highest BCUT2D eigenvalue weighted by molar-refractivity contribution is 5.98. The Hall–Kier alpha value is -1.36. The number of ether oxygens (including phenoxy) is 1. The zero-order valence-electron chi connectivity index (χ0n) is 11.5. The molecule has 0 atom stereocenters. The number of piperazine rings is 1. The molecule has 0 aromatic heterocycles. The standard InChI is InChI=1S/C14H22N2O3/c1-11(2)10-19-8-7-16-9-12(17)15-14(13(16)18)5-3-4-6-14/h1,3-10H2,2H3,(H,15,17). The second-order valence-corrected chi connectivity index (χ2v) is 5.57. The van der Waals surface area contributed by atoms with Gasteiger partial charge < -0.3 is 15.0 Å². The van der Waals surface area contributed by atoms with E-state index >= 15 is 0 Å². The summed E-state index contributed by atoms with van der Waals surface area (Å²) < 4.78 is 5.41. The molecule has 1 aliphatic heterocycles. The fourth-order valence-corrected chi connectivity index (χ4v) is 2.83. The van der Waals surface area contributed by atoms with Crippen molar-refractivity contribution in [2.45, 2.75) is 38.1 Å². The molecule has 1 N–H and O–H groups in total. The molecule has 1 aliphatic carbocycles. The number of rotatable bonds is 5. The molecule has 0 bridgehead atoms. The molecule has 19 heavy (non-hydrogen) atoms. The van der Waals surface area contributed by atoms with Crippen molar-refractivity contribution < 1.29 is 14.3 Å². The van der Waals surface area contributed by atoms with Crippen LogP contribution in [0.2, 0.25) is 0 Å². The van der Waals surface area contributed by atoms with Gasteiger partial charge in [0, 0.05) is 6.54 Å². The van der Waals surface area contributed by atoms with E-state index in [9.17, 15) is 9.59 Å². The quantitative estimate of drug-likeness (QED) is 0.593. The average Bonchev–Trinajstić information content (AvgIpc) is 2.79. The number of nitrogens with one attached hydrogen (secondary N) is 1. The van der Waals surface area contributed by atoms with Crippen LogP contribution in [0.25, 0.3) is 0 Å². The van der Waals surface area contributed by atoms with Crippen molar-refractivity contribution in [2.24, 2.45) is 0 Å². The molecule has 5 nitrogen and oxygen atoms in total. The Morgan fingerprint density at radius 1 is 1.42 bits per heavy atom. The van der Waals surface area contributed by atoms with E-state index in [1.165, 1.54) is 0 Å². The summed E-state index contributed by atoms with van der Waals surface area (Å²) in [5, 5.41) is 2.90. The van der Waals surface area contributed by atoms with Crippen LogP contribution in [0.1, 0.15) is 32.6 Å². The van der Waals surface area contributed by atoms with Crippen LogP contribution < -0.4 is 5.32 Å². The van der Waals surface area contributed by atoms with E-state index in [-0.39, 0.29) is 18.4 Å². The topological polar surface area (TPSA) is 58.6 Å². The van der Waals surface area contributed by atoms with E-state index in [0.29, 0.717) is 19.8 Å². The molecule has 106 valence electrons. The predicted molar refractivity (Wildman–Crippen MR) is 71.6 cm³/mol. The van der Waals surface area contributed by atoms with Crippen LogP contribution in [0, 0.1) is 0 Å². The van der Waals surface area contributed by atoms with E-state index in [2.05, 4.69) is 11.9 Å². The third-order valence-corrected chi connectivity index (χ3v) is 3.72. The summed E-state index contributed by atoms with van der Waals surface area (Å²) in [5.74, 6) is 0.00456. The Labute approximate surface area is 114 Å². The van der Waals surface area contributed by atoms with Gasteiger partial charge in [0.15, 0.2) is 0 Å². The lowest BCUT2D eigenvalue weighted by molar-refractivity contribution is -0.150. The molecule has 1 heterocycles. The van der Waals surface area contributed by atoms with Gasteiger partial charge >= 0.3 is 0 Å². The van der Waals surface area contributed by atoms with Gasteiger partial charge in [-0.2, -0.15) is 0 Å². The minimum atomic E-state index is -0.621. The summed E-state index contributed by atoms with van der Waals surface area (Å²) in [6.45, 7) is 7.22. The monoisotopic (exact) mass is 266 g/mol. The highest BCUT2D eigenvalue weighted by Crippen LogP contribution is 2.33. The Kier molecular flexibility index (Phi) is 4.24. The van der Waals surface area contributed by atoms with Gasteiger partial charge in [-0.05, 0) is 19.8 Å². The van der Waals surface area contributed by atoms with Crippen LogP contribution in [0.3, 0.4) is 0 Å². The van der Waals surface area contributed by atoms with Gasteiger partial charge in [-0.25, -0.2) is 0 Å². The molecule has 0 aromatic carbocycles. The molecule has 2 amide bonds. The zero-order valence-corrected chi connectivity index (χ0v) is 11.5. The molecule has 2 aliphatic rings. The van der Waals surface area contributed by atoms with Gasteiger partial charge in [-0.1, -0.05) is 25.0 Å². The van der Waals surface area contributed by atoms with Crippen LogP contribution in [0.5, 0.6) is 0 Å². The number of nitrogens with zero attached hydrogens (tertiary/aromatic N) is 1. The van der Waals surface area contributed by atoms with Crippen molar-refractivity contribution in [3.8, 4) is 0 Å². The maximum atomic E-state index is 12.5. The van der Waals surface area contributed by atoms with E-state index in [4.69, 9.17) is 4.74 Å². The van der Waals surface area contributed by atoms with Crippen molar-refractivity contribution >= 4 is 11.8 Å². The largest absolute Gasteiger partial charge is 0.375 e. The third-order valence-electron chi connectivity index (χ3n) is 3.72. The minimum absolute atomic E-state index is 0.0543. The first-order valence-electron chi connectivity index (χ1n) is 6.86. The predicted octanol–water partition coefficient (Wildman–Crippen LogP) is 0.850. The van der Waals surface area contributed by atoms with Crippen LogP contribution in [0.4, 0.5) is 0 Å². The molecular weight excluding hydrogens is 244 g/mol. The zero-order chi connectivity index (χ0) is 13.9. The summed E-state index contributed by atoms with van der Waals surface area (Å²) >= 11 is 0. The lowest BCUT2D eigenvalue weighted by atomic mass is 9.93. The van der Waals surface area contributed by atoms with Crippen LogP contribution in [-0.2, 0) is 14.3 Å². The van der Waals surface area contributed by atoms with E-state index in [1.807, 2.05) is 6.92 Å². The van der Waals surface area contributed by atoms with Crippen molar-refractivity contribution in [3.05, 3.63) is 12.2 Å². The van der Waals surface area contributed by atoms with Crippen LogP contribution in [0.15, 0.2) is 12.2 Å². The molecule has 1 saturated heterocycles. The fourth-order valence-electron chi connectivity index (χ4n) is 2.83. The maximum Gasteiger partial charge on any atom is 0.248 e. The van der Waals surface area contributed by atoms with Crippen molar-refractivity contribution in [3.63, 3.8) is 0 Å². The summed E-state index contributed by atoms with van der Waals surface area (Å²) in [7, 11) is 0. The molecule has 2 rings (SSSR count). The number of hydrogen-bond donors (Lipinski definition) is 1. The fraction of sp³-hybridized carbons (Fsp3) is 0.714. The lowest BCUT2D eigenvalue weighted by Gasteiger charge is -2.39. The summed E-state index contributed by atoms with van der Waals surface area (Å²) in [6, 6.07) is 0. The SMILES string of the molecule is C=C(C)COCCN1CC(=O)NC2(CCCC2)C1=O. The molecule has 2 fully saturated rings. The molecular formula is C14H22N2O3. The van der Waals surface area contributed by atoms with Crippen molar-refractivity contribution in [2.75, 3.05) is 26.3 Å². The van der Waals surface area contributed by atoms with E-state index in [0.717, 1.165) is 31.3 Å². The molecule has 0 aromatic rings. The third kappa shape index (κ3) is 3.15. The molecule has 1 spiro atoms. The Balaban J connectivity index is 1.90. The smallest absolute Gasteiger partial charge is 0.248 e. The lowest BCUT2D eigenvalue weighted by Crippen LogP contribution is -2.65. The van der Waals surface area contributed by atoms with Crippen molar-refractivity contribution in [1.82, 2.24) is 10.2 Å². The van der Waals surface area contributed by atoms with E-state index in [1.54, 1.807) is 4.90 Å². The second-order valence-electron chi connectivity index (χ2n) is 5.57. The van der Waals surface area contributed by atoms with Gasteiger partial charge in [0.1, 0.15) is 5.54 Å². The molecule has 5 heteroatoms. The molecule has 0 unspecified atom stereocenters. The first-order chi connectivity index (χ1) is 9.03. The van der Waals surface area contributed by atoms with Gasteiger partial charge in [-0.15, -0.1) is 0 Å². The number of hydrogen-bond acceptors (Lipinski definition) is 3. The Bertz CT molecular complexity index is 386. The Morgan fingerprint density at radius 2 is 2.11 bits per heavy atom. The highest BCUT2D eigenvalue weighted by atomic mass is 16.5. The van der Waals surface area contributed by atoms with Crippen LogP contribution in [-0.4, -0.2) is 48.6 Å². The number of carbonyl (C=O) groups is 2. The summed E-state index contributed by atoms with van der Waals surface area (Å²) in [4.78, 5) is 25.9. The van der Waals surface area contributed by atoms with Gasteiger partial charge in [0.25, 0.3) is 0 Å². The number of amides is 2. The van der Waals surface area contributed by atoms with Gasteiger partial charge in [-0.3, -0.25) is 9.59 Å². The normalized spacial score (nSPS) is 21.8. The highest BCUT2D eigenvalue weighted by Gasteiger charge is 2.47. The first-order valence-corrected chi connectivity index (χ1v) is 6.86. The second kappa shape index (κ2) is 5.74. The molecule has 1 saturated carbocycles. The maximum absolute atomic E-state index is 12.5. The number of carbonyl (C=O) groups excluding carboxylic acids is 2. The Morgan fingerprint density at radius 3 is 2.74 bits per heavy atom. The average molecular weight is 266 g/mol. The summed E-state index contributed by atoms with van der Waals surface area (Å²) in [5.41, 5.74) is 0.332.